The monoisotopic (exact) mass is 603 g/mol. The standard InChI is InChI=1S/C29H35Cl2N5O3S/c1-18(2)35(3)21-10-12-26(19(15-21)17-40(38,39)22-7-5-4-6-8-22)36-14-13-25(28(36)37)32-27-23-16-20(30)9-11-24(23)33-29(31)34-27/h4-9,11,16,18-19,21,25-26H,10,12-15,17H2,1-3H3,(H,32,33,34)/t19-,21+,25+,26+/m1/s1. The van der Waals surface area contributed by atoms with Gasteiger partial charge in [-0.3, -0.25) is 4.79 Å². The number of carbonyl (C=O) groups is 1. The summed E-state index contributed by atoms with van der Waals surface area (Å²) < 4.78 is 27.0. The third-order valence-electron chi connectivity index (χ3n) is 8.42. The van der Waals surface area contributed by atoms with E-state index in [2.05, 4.69) is 41.1 Å². The van der Waals surface area contributed by atoms with Crippen LogP contribution in [0.2, 0.25) is 10.3 Å². The van der Waals surface area contributed by atoms with E-state index in [-0.39, 0.29) is 34.9 Å². The molecule has 1 N–H and O–H groups in total. The van der Waals surface area contributed by atoms with Crippen LogP contribution in [-0.2, 0) is 14.6 Å². The molecule has 2 heterocycles. The fraction of sp³-hybridized carbons (Fsp3) is 0.483. The van der Waals surface area contributed by atoms with E-state index >= 15 is 0 Å². The van der Waals surface area contributed by atoms with Gasteiger partial charge in [0.15, 0.2) is 9.84 Å². The van der Waals surface area contributed by atoms with Gasteiger partial charge in [0.05, 0.1) is 16.2 Å². The first-order valence-electron chi connectivity index (χ1n) is 13.7. The Bertz CT molecular complexity index is 1490. The SMILES string of the molecule is CC(C)N(C)[C@H]1CC[C@H](N2CC[C@H](Nc3nc(Cl)nc4ccc(Cl)cc34)C2=O)[C@@H](CS(=O)(=O)c2ccccc2)C1. The number of fused-ring (bicyclic) bond motifs is 1. The summed E-state index contributed by atoms with van der Waals surface area (Å²) in [5.74, 6) is 0.244. The van der Waals surface area contributed by atoms with Crippen molar-refractivity contribution < 1.29 is 13.2 Å². The quantitative estimate of drug-likeness (QED) is 0.349. The zero-order valence-electron chi connectivity index (χ0n) is 22.9. The van der Waals surface area contributed by atoms with Crippen LogP contribution in [-0.4, -0.2) is 77.6 Å². The number of carbonyl (C=O) groups excluding carboxylic acids is 1. The van der Waals surface area contributed by atoms with Gasteiger partial charge in [-0.15, -0.1) is 0 Å². The number of sulfone groups is 1. The second kappa shape index (κ2) is 11.8. The molecule has 2 aliphatic rings. The molecular weight excluding hydrogens is 569 g/mol. The Balaban J connectivity index is 1.39. The van der Waals surface area contributed by atoms with Crippen LogP contribution in [0, 0.1) is 5.92 Å². The third-order valence-corrected chi connectivity index (χ3v) is 10.7. The first-order chi connectivity index (χ1) is 19.0. The Labute approximate surface area is 246 Å². The normalized spacial score (nSPS) is 23.9. The van der Waals surface area contributed by atoms with Gasteiger partial charge in [-0.25, -0.2) is 18.4 Å². The number of nitrogens with zero attached hydrogens (tertiary/aromatic N) is 4. The summed E-state index contributed by atoms with van der Waals surface area (Å²) in [4.78, 5) is 27.0. The molecule has 1 aliphatic carbocycles. The Morgan fingerprint density at radius 1 is 1.07 bits per heavy atom. The van der Waals surface area contributed by atoms with Crippen molar-refractivity contribution in [3.63, 3.8) is 0 Å². The van der Waals surface area contributed by atoms with Gasteiger partial charge in [0, 0.05) is 35.1 Å². The van der Waals surface area contributed by atoms with Gasteiger partial charge in [0.2, 0.25) is 11.2 Å². The van der Waals surface area contributed by atoms with Gasteiger partial charge in [-0.2, -0.15) is 0 Å². The third kappa shape index (κ3) is 6.08. The highest BCUT2D eigenvalue weighted by Gasteiger charge is 2.44. The second-order valence-electron chi connectivity index (χ2n) is 11.2. The molecule has 3 aromatic rings. The zero-order chi connectivity index (χ0) is 28.6. The molecule has 1 aliphatic heterocycles. The molecule has 2 fully saturated rings. The van der Waals surface area contributed by atoms with Gasteiger partial charge >= 0.3 is 0 Å². The molecule has 214 valence electrons. The summed E-state index contributed by atoms with van der Waals surface area (Å²) in [6.07, 6.45) is 2.96. The predicted molar refractivity (Wildman–Crippen MR) is 160 cm³/mol. The number of halogens is 2. The molecular formula is C29H35Cl2N5O3S. The topological polar surface area (TPSA) is 95.5 Å². The van der Waals surface area contributed by atoms with Crippen LogP contribution in [0.1, 0.15) is 39.5 Å². The average molecular weight is 605 g/mol. The molecule has 1 aromatic heterocycles. The van der Waals surface area contributed by atoms with E-state index < -0.39 is 15.9 Å². The first-order valence-corrected chi connectivity index (χ1v) is 16.1. The molecule has 5 rings (SSSR count). The van der Waals surface area contributed by atoms with Crippen LogP contribution in [0.5, 0.6) is 0 Å². The van der Waals surface area contributed by atoms with Crippen LogP contribution in [0.15, 0.2) is 53.4 Å². The van der Waals surface area contributed by atoms with E-state index in [1.54, 1.807) is 42.5 Å². The molecule has 2 aromatic carbocycles. The maximum absolute atomic E-state index is 13.8. The predicted octanol–water partition coefficient (Wildman–Crippen LogP) is 5.30. The number of aromatic nitrogens is 2. The molecule has 0 bridgehead atoms. The Kier molecular flexibility index (Phi) is 8.57. The van der Waals surface area contributed by atoms with Crippen molar-refractivity contribution in [1.29, 1.82) is 0 Å². The van der Waals surface area contributed by atoms with Crippen LogP contribution in [0.25, 0.3) is 10.9 Å². The van der Waals surface area contributed by atoms with Crippen molar-refractivity contribution >= 4 is 55.7 Å². The largest absolute Gasteiger partial charge is 0.358 e. The van der Waals surface area contributed by atoms with Crippen molar-refractivity contribution in [1.82, 2.24) is 19.8 Å². The van der Waals surface area contributed by atoms with Crippen LogP contribution >= 0.6 is 23.2 Å². The highest BCUT2D eigenvalue weighted by Crippen LogP contribution is 2.36. The van der Waals surface area contributed by atoms with Crippen molar-refractivity contribution in [3.05, 3.63) is 58.8 Å². The van der Waals surface area contributed by atoms with E-state index in [0.29, 0.717) is 45.6 Å². The lowest BCUT2D eigenvalue weighted by atomic mass is 9.81. The first kappa shape index (κ1) is 29.0. The number of rotatable bonds is 8. The minimum Gasteiger partial charge on any atom is -0.358 e. The molecule has 1 amide bonds. The summed E-state index contributed by atoms with van der Waals surface area (Å²) in [5, 5.41) is 4.59. The molecule has 0 radical (unpaired) electrons. The molecule has 4 atom stereocenters. The number of nitrogens with one attached hydrogen (secondary N) is 1. The van der Waals surface area contributed by atoms with E-state index in [0.717, 1.165) is 19.3 Å². The average Bonchev–Trinajstić information content (AvgIpc) is 3.28. The Morgan fingerprint density at radius 3 is 2.55 bits per heavy atom. The Hall–Kier alpha value is -2.46. The second-order valence-corrected chi connectivity index (χ2v) is 14.0. The summed E-state index contributed by atoms with van der Waals surface area (Å²) >= 11 is 12.4. The Morgan fingerprint density at radius 2 is 1.82 bits per heavy atom. The van der Waals surface area contributed by atoms with Crippen LogP contribution < -0.4 is 5.32 Å². The van der Waals surface area contributed by atoms with Crippen LogP contribution in [0.3, 0.4) is 0 Å². The van der Waals surface area contributed by atoms with Gasteiger partial charge in [-0.1, -0.05) is 29.8 Å². The van der Waals surface area contributed by atoms with Crippen molar-refractivity contribution in [2.24, 2.45) is 5.92 Å². The lowest BCUT2D eigenvalue weighted by molar-refractivity contribution is -0.132. The maximum Gasteiger partial charge on any atom is 0.245 e. The highest BCUT2D eigenvalue weighted by atomic mass is 35.5. The van der Waals surface area contributed by atoms with Crippen molar-refractivity contribution in [2.45, 2.75) is 68.6 Å². The van der Waals surface area contributed by atoms with E-state index in [4.69, 9.17) is 23.2 Å². The summed E-state index contributed by atoms with van der Waals surface area (Å²) in [6, 6.07) is 13.8. The number of benzene rings is 2. The maximum atomic E-state index is 13.8. The summed E-state index contributed by atoms with van der Waals surface area (Å²) in [5.41, 5.74) is 0.632. The number of amides is 1. The van der Waals surface area contributed by atoms with Crippen LogP contribution in [0.4, 0.5) is 5.82 Å². The summed E-state index contributed by atoms with van der Waals surface area (Å²) in [6.45, 7) is 4.85. The van der Waals surface area contributed by atoms with Crippen molar-refractivity contribution in [3.8, 4) is 0 Å². The fourth-order valence-corrected chi connectivity index (χ4v) is 8.16. The smallest absolute Gasteiger partial charge is 0.245 e. The number of likely N-dealkylation sites (tertiary alicyclic amines) is 1. The van der Waals surface area contributed by atoms with Gasteiger partial charge in [0.25, 0.3) is 0 Å². The molecule has 8 nitrogen and oxygen atoms in total. The fourth-order valence-electron chi connectivity index (χ4n) is 6.12. The van der Waals surface area contributed by atoms with Gasteiger partial charge in [-0.05, 0) is 94.4 Å². The lowest BCUT2D eigenvalue weighted by Crippen LogP contribution is -2.52. The molecule has 40 heavy (non-hydrogen) atoms. The highest BCUT2D eigenvalue weighted by molar-refractivity contribution is 7.91. The minimum atomic E-state index is -3.52. The molecule has 1 saturated carbocycles. The molecule has 0 unspecified atom stereocenters. The van der Waals surface area contributed by atoms with Crippen molar-refractivity contribution in [2.75, 3.05) is 24.7 Å². The molecule has 0 spiro atoms. The molecule has 11 heteroatoms. The zero-order valence-corrected chi connectivity index (χ0v) is 25.3. The number of anilines is 1. The summed E-state index contributed by atoms with van der Waals surface area (Å²) in [7, 11) is -1.42. The number of hydrogen-bond donors (Lipinski definition) is 1. The van der Waals surface area contributed by atoms with E-state index in [1.807, 2.05) is 11.0 Å². The van der Waals surface area contributed by atoms with E-state index in [1.165, 1.54) is 0 Å². The van der Waals surface area contributed by atoms with E-state index in [9.17, 15) is 13.2 Å². The lowest BCUT2D eigenvalue weighted by Gasteiger charge is -2.44. The molecule has 1 saturated heterocycles. The minimum absolute atomic E-state index is 0.0106. The van der Waals surface area contributed by atoms with Gasteiger partial charge in [0.1, 0.15) is 11.9 Å². The number of hydrogen-bond acceptors (Lipinski definition) is 7. The van der Waals surface area contributed by atoms with Gasteiger partial charge < -0.3 is 15.1 Å².